The normalized spacial score (nSPS) is 22.3. The van der Waals surface area contributed by atoms with E-state index >= 15 is 0 Å². The van der Waals surface area contributed by atoms with Crippen LogP contribution in [-0.4, -0.2) is 31.1 Å². The van der Waals surface area contributed by atoms with Crippen molar-refractivity contribution in [3.8, 4) is 0 Å². The lowest BCUT2D eigenvalue weighted by atomic mass is 9.97. The molecule has 1 N–H and O–H groups in total. The molecule has 1 aliphatic rings. The summed E-state index contributed by atoms with van der Waals surface area (Å²) in [6.07, 6.45) is 7.56. The summed E-state index contributed by atoms with van der Waals surface area (Å²) in [5.74, 6) is 0.805. The molecule has 18 heavy (non-hydrogen) atoms. The van der Waals surface area contributed by atoms with Gasteiger partial charge in [-0.15, -0.1) is 0 Å². The van der Waals surface area contributed by atoms with Crippen LogP contribution in [0.3, 0.4) is 0 Å². The van der Waals surface area contributed by atoms with Gasteiger partial charge in [0.05, 0.1) is 12.5 Å². The summed E-state index contributed by atoms with van der Waals surface area (Å²) in [5.41, 5.74) is 1.30. The number of hydrogen-bond acceptors (Lipinski definition) is 3. The van der Waals surface area contributed by atoms with E-state index in [9.17, 15) is 0 Å². The van der Waals surface area contributed by atoms with Gasteiger partial charge in [-0.1, -0.05) is 6.92 Å². The van der Waals surface area contributed by atoms with Gasteiger partial charge in [0.15, 0.2) is 0 Å². The first-order valence-corrected chi connectivity index (χ1v) is 7.28. The molecule has 1 aliphatic heterocycles. The summed E-state index contributed by atoms with van der Waals surface area (Å²) in [6.45, 7) is 9.29. The highest BCUT2D eigenvalue weighted by Crippen LogP contribution is 2.23. The van der Waals surface area contributed by atoms with Crippen LogP contribution in [0.2, 0.25) is 0 Å². The highest BCUT2D eigenvalue weighted by atomic mass is 16.3. The van der Waals surface area contributed by atoms with Crippen molar-refractivity contribution in [2.24, 2.45) is 5.92 Å². The fourth-order valence-electron chi connectivity index (χ4n) is 2.87. The quantitative estimate of drug-likeness (QED) is 0.841. The molecule has 2 heterocycles. The number of nitrogens with one attached hydrogen (secondary N) is 1. The Morgan fingerprint density at radius 3 is 3.06 bits per heavy atom. The highest BCUT2D eigenvalue weighted by Gasteiger charge is 2.21. The Morgan fingerprint density at radius 1 is 1.56 bits per heavy atom. The lowest BCUT2D eigenvalue weighted by Gasteiger charge is -2.33. The summed E-state index contributed by atoms with van der Waals surface area (Å²) < 4.78 is 5.21. The largest absolute Gasteiger partial charge is 0.472 e. The molecule has 0 amide bonds. The van der Waals surface area contributed by atoms with Crippen LogP contribution in [0.15, 0.2) is 23.0 Å². The average Bonchev–Trinajstić information content (AvgIpc) is 2.92. The third-order valence-corrected chi connectivity index (χ3v) is 3.98. The topological polar surface area (TPSA) is 28.4 Å². The zero-order valence-corrected chi connectivity index (χ0v) is 11.7. The second kappa shape index (κ2) is 6.95. The molecule has 1 aromatic rings. The van der Waals surface area contributed by atoms with Crippen LogP contribution < -0.4 is 5.32 Å². The molecule has 0 aliphatic carbocycles. The zero-order chi connectivity index (χ0) is 12.8. The molecule has 1 fully saturated rings. The van der Waals surface area contributed by atoms with Crippen molar-refractivity contribution in [1.82, 2.24) is 10.2 Å². The van der Waals surface area contributed by atoms with Gasteiger partial charge in [-0.2, -0.15) is 0 Å². The minimum atomic E-state index is 0.464. The van der Waals surface area contributed by atoms with E-state index in [1.165, 1.54) is 51.0 Å². The van der Waals surface area contributed by atoms with E-state index in [2.05, 4.69) is 30.1 Å². The number of furan rings is 1. The van der Waals surface area contributed by atoms with Crippen molar-refractivity contribution in [2.75, 3.05) is 26.2 Å². The summed E-state index contributed by atoms with van der Waals surface area (Å²) >= 11 is 0. The van der Waals surface area contributed by atoms with Gasteiger partial charge >= 0.3 is 0 Å². The highest BCUT2D eigenvalue weighted by molar-refractivity contribution is 5.10. The first kappa shape index (κ1) is 13.6. The van der Waals surface area contributed by atoms with Crippen LogP contribution >= 0.6 is 0 Å². The van der Waals surface area contributed by atoms with Crippen LogP contribution in [0.4, 0.5) is 0 Å². The molecule has 0 radical (unpaired) electrons. The lowest BCUT2D eigenvalue weighted by Crippen LogP contribution is -2.39. The summed E-state index contributed by atoms with van der Waals surface area (Å²) in [4.78, 5) is 2.60. The molecule has 102 valence electrons. The fourth-order valence-corrected chi connectivity index (χ4v) is 2.87. The van der Waals surface area contributed by atoms with E-state index in [1.807, 2.05) is 6.26 Å². The zero-order valence-electron chi connectivity index (χ0n) is 11.7. The van der Waals surface area contributed by atoms with Crippen molar-refractivity contribution in [2.45, 2.75) is 39.2 Å². The van der Waals surface area contributed by atoms with Gasteiger partial charge < -0.3 is 9.73 Å². The minimum Gasteiger partial charge on any atom is -0.472 e. The van der Waals surface area contributed by atoms with E-state index in [0.29, 0.717) is 6.04 Å². The Balaban J connectivity index is 1.93. The first-order chi connectivity index (χ1) is 8.81. The van der Waals surface area contributed by atoms with Crippen molar-refractivity contribution in [3.05, 3.63) is 24.2 Å². The number of rotatable bonds is 6. The molecule has 2 unspecified atom stereocenters. The van der Waals surface area contributed by atoms with Crippen LogP contribution in [0.25, 0.3) is 0 Å². The standard InChI is InChI=1S/C15H26N2O/c1-3-8-17(11-14-5-4-7-16-10-14)13(2)15-6-9-18-12-15/h6,9,12-14,16H,3-5,7-8,10-11H2,1-2H3. The summed E-state index contributed by atoms with van der Waals surface area (Å²) in [6, 6.07) is 2.55. The molecule has 0 saturated carbocycles. The second-order valence-corrected chi connectivity index (χ2v) is 5.44. The van der Waals surface area contributed by atoms with Gasteiger partial charge in [0, 0.05) is 18.2 Å². The predicted octanol–water partition coefficient (Wildman–Crippen LogP) is 3.05. The molecular formula is C15H26N2O. The molecule has 3 nitrogen and oxygen atoms in total. The maximum absolute atomic E-state index is 5.21. The Hall–Kier alpha value is -0.800. The number of piperidine rings is 1. The molecule has 0 aromatic carbocycles. The van der Waals surface area contributed by atoms with E-state index in [-0.39, 0.29) is 0 Å². The number of hydrogen-bond donors (Lipinski definition) is 1. The lowest BCUT2D eigenvalue weighted by molar-refractivity contribution is 0.162. The molecule has 1 aromatic heterocycles. The van der Waals surface area contributed by atoms with Crippen molar-refractivity contribution in [3.63, 3.8) is 0 Å². The summed E-state index contributed by atoms with van der Waals surface area (Å²) in [5, 5.41) is 3.51. The third-order valence-electron chi connectivity index (χ3n) is 3.98. The van der Waals surface area contributed by atoms with Crippen molar-refractivity contribution >= 4 is 0 Å². The monoisotopic (exact) mass is 250 g/mol. The first-order valence-electron chi connectivity index (χ1n) is 7.28. The molecule has 3 heteroatoms. The van der Waals surface area contributed by atoms with Gasteiger partial charge in [0.1, 0.15) is 0 Å². The van der Waals surface area contributed by atoms with Gasteiger partial charge in [-0.25, -0.2) is 0 Å². The maximum atomic E-state index is 5.21. The SMILES string of the molecule is CCCN(CC1CCCNC1)C(C)c1ccoc1. The maximum Gasteiger partial charge on any atom is 0.0950 e. The molecule has 0 bridgehead atoms. The van der Waals surface area contributed by atoms with Gasteiger partial charge in [-0.3, -0.25) is 4.90 Å². The van der Waals surface area contributed by atoms with Crippen LogP contribution in [0, 0.1) is 5.92 Å². The molecule has 0 spiro atoms. The van der Waals surface area contributed by atoms with Crippen molar-refractivity contribution in [1.29, 1.82) is 0 Å². The van der Waals surface area contributed by atoms with E-state index in [1.54, 1.807) is 6.26 Å². The van der Waals surface area contributed by atoms with E-state index < -0.39 is 0 Å². The van der Waals surface area contributed by atoms with Gasteiger partial charge in [0.2, 0.25) is 0 Å². The molecule has 1 saturated heterocycles. The van der Waals surface area contributed by atoms with Crippen molar-refractivity contribution < 1.29 is 4.42 Å². The molecular weight excluding hydrogens is 224 g/mol. The van der Waals surface area contributed by atoms with Crippen LogP contribution in [-0.2, 0) is 0 Å². The Bertz CT molecular complexity index is 317. The predicted molar refractivity (Wildman–Crippen MR) is 74.6 cm³/mol. The Labute approximate surface area is 111 Å². The summed E-state index contributed by atoms with van der Waals surface area (Å²) in [7, 11) is 0. The Morgan fingerprint density at radius 2 is 2.44 bits per heavy atom. The fraction of sp³-hybridized carbons (Fsp3) is 0.733. The van der Waals surface area contributed by atoms with Crippen LogP contribution in [0.1, 0.15) is 44.7 Å². The van der Waals surface area contributed by atoms with E-state index in [4.69, 9.17) is 4.42 Å². The Kier molecular flexibility index (Phi) is 5.26. The third kappa shape index (κ3) is 3.59. The average molecular weight is 250 g/mol. The molecule has 2 atom stereocenters. The second-order valence-electron chi connectivity index (χ2n) is 5.44. The van der Waals surface area contributed by atoms with Gasteiger partial charge in [-0.05, 0) is 57.8 Å². The van der Waals surface area contributed by atoms with Gasteiger partial charge in [0.25, 0.3) is 0 Å². The minimum absolute atomic E-state index is 0.464. The molecule has 2 rings (SSSR count). The number of nitrogens with zero attached hydrogens (tertiary/aromatic N) is 1. The van der Waals surface area contributed by atoms with E-state index in [0.717, 1.165) is 5.92 Å². The smallest absolute Gasteiger partial charge is 0.0950 e. The van der Waals surface area contributed by atoms with Crippen LogP contribution in [0.5, 0.6) is 0 Å².